The fourth-order valence-corrected chi connectivity index (χ4v) is 1.42. The molecule has 2 N–H and O–H groups in total. The zero-order valence-electron chi connectivity index (χ0n) is 7.86. The molecule has 0 aromatic carbocycles. The van der Waals surface area contributed by atoms with Gasteiger partial charge in [-0.15, -0.1) is 0 Å². The van der Waals surface area contributed by atoms with E-state index in [1.807, 2.05) is 13.8 Å². The summed E-state index contributed by atoms with van der Waals surface area (Å²) in [7, 11) is 0. The molecular weight excluding hydrogens is 174 g/mol. The Morgan fingerprint density at radius 1 is 1.62 bits per heavy atom. The van der Waals surface area contributed by atoms with Gasteiger partial charge >= 0.3 is 5.97 Å². The molecule has 5 nitrogen and oxygen atoms in total. The van der Waals surface area contributed by atoms with Crippen LogP contribution in [-0.2, 0) is 9.53 Å². The Balaban J connectivity index is 2.56. The van der Waals surface area contributed by atoms with Crippen LogP contribution in [0.2, 0.25) is 0 Å². The van der Waals surface area contributed by atoms with E-state index in [2.05, 4.69) is 0 Å². The molecular formula is C8H15NO4. The average Bonchev–Trinajstić information content (AvgIpc) is 2.01. The third-order valence-corrected chi connectivity index (χ3v) is 2.02. The minimum Gasteiger partial charge on any atom is -0.478 e. The number of rotatable bonds is 2. The predicted octanol–water partition coefficient (Wildman–Crippen LogP) is -0.500. The Labute approximate surface area is 76.9 Å². The molecule has 1 aliphatic rings. The highest BCUT2D eigenvalue weighted by atomic mass is 16.5. The van der Waals surface area contributed by atoms with E-state index in [0.29, 0.717) is 19.7 Å². The largest absolute Gasteiger partial charge is 0.478 e. The van der Waals surface area contributed by atoms with Gasteiger partial charge in [-0.3, -0.25) is 4.90 Å². The van der Waals surface area contributed by atoms with Crippen molar-refractivity contribution in [1.29, 1.82) is 0 Å². The molecule has 1 atom stereocenters. The first kappa shape index (κ1) is 10.4. The zero-order valence-corrected chi connectivity index (χ0v) is 7.86. The van der Waals surface area contributed by atoms with Crippen molar-refractivity contribution in [2.75, 3.05) is 19.7 Å². The van der Waals surface area contributed by atoms with E-state index in [4.69, 9.17) is 9.84 Å². The summed E-state index contributed by atoms with van der Waals surface area (Å²) in [6.45, 7) is 5.08. The molecule has 0 radical (unpaired) electrons. The molecule has 13 heavy (non-hydrogen) atoms. The Bertz CT molecular complexity index is 204. The summed E-state index contributed by atoms with van der Waals surface area (Å²) in [4.78, 5) is 12.0. The molecule has 0 spiro atoms. The Morgan fingerprint density at radius 2 is 2.23 bits per heavy atom. The number of carbonyl (C=O) groups is 1. The van der Waals surface area contributed by atoms with Crippen molar-refractivity contribution < 1.29 is 19.7 Å². The van der Waals surface area contributed by atoms with Crippen LogP contribution < -0.4 is 0 Å². The molecule has 0 aromatic rings. The molecule has 1 aliphatic heterocycles. The molecule has 0 aliphatic carbocycles. The number of aliphatic hydroxyl groups excluding tert-OH is 1. The molecule has 1 heterocycles. The van der Waals surface area contributed by atoms with Crippen molar-refractivity contribution in [2.45, 2.75) is 25.7 Å². The zero-order chi connectivity index (χ0) is 10.1. The molecule has 1 rings (SSSR count). The maximum atomic E-state index is 10.5. The van der Waals surface area contributed by atoms with Gasteiger partial charge < -0.3 is 14.9 Å². The number of carboxylic acid groups (broad SMARTS) is 1. The third kappa shape index (κ3) is 2.65. The second-order valence-corrected chi connectivity index (χ2v) is 3.79. The SMILES string of the molecule is CC1(C)CN(C(O)C(=O)O)CCO1. The summed E-state index contributed by atoms with van der Waals surface area (Å²) in [6, 6.07) is 0. The van der Waals surface area contributed by atoms with Gasteiger partial charge in [0.05, 0.1) is 12.2 Å². The second kappa shape index (κ2) is 3.61. The van der Waals surface area contributed by atoms with Gasteiger partial charge in [0.2, 0.25) is 6.23 Å². The van der Waals surface area contributed by atoms with Crippen molar-refractivity contribution in [1.82, 2.24) is 4.90 Å². The van der Waals surface area contributed by atoms with Crippen LogP contribution in [0.15, 0.2) is 0 Å². The predicted molar refractivity (Wildman–Crippen MR) is 45.2 cm³/mol. The number of hydrogen-bond donors (Lipinski definition) is 2. The van der Waals surface area contributed by atoms with Crippen LogP contribution in [0.25, 0.3) is 0 Å². The van der Waals surface area contributed by atoms with Gasteiger partial charge in [0.15, 0.2) is 0 Å². The molecule has 0 bridgehead atoms. The normalized spacial score (nSPS) is 25.5. The van der Waals surface area contributed by atoms with Crippen LogP contribution in [0.5, 0.6) is 0 Å². The number of aliphatic carboxylic acids is 1. The van der Waals surface area contributed by atoms with Gasteiger partial charge in [-0.1, -0.05) is 0 Å². The highest BCUT2D eigenvalue weighted by Gasteiger charge is 2.33. The lowest BCUT2D eigenvalue weighted by molar-refractivity contribution is -0.172. The van der Waals surface area contributed by atoms with Crippen molar-refractivity contribution in [2.24, 2.45) is 0 Å². The minimum absolute atomic E-state index is 0.380. The molecule has 0 saturated carbocycles. The summed E-state index contributed by atoms with van der Waals surface area (Å²) in [5.74, 6) is -1.21. The van der Waals surface area contributed by atoms with E-state index in [1.54, 1.807) is 0 Å². The first-order chi connectivity index (χ1) is 5.92. The summed E-state index contributed by atoms with van der Waals surface area (Å²) in [5, 5.41) is 17.8. The van der Waals surface area contributed by atoms with Crippen LogP contribution >= 0.6 is 0 Å². The molecule has 1 unspecified atom stereocenters. The number of hydrogen-bond acceptors (Lipinski definition) is 4. The molecule has 1 saturated heterocycles. The Morgan fingerprint density at radius 3 is 2.69 bits per heavy atom. The van der Waals surface area contributed by atoms with Gasteiger partial charge in [0, 0.05) is 13.1 Å². The maximum absolute atomic E-state index is 10.5. The van der Waals surface area contributed by atoms with E-state index >= 15 is 0 Å². The van der Waals surface area contributed by atoms with Crippen LogP contribution in [0.3, 0.4) is 0 Å². The smallest absolute Gasteiger partial charge is 0.348 e. The van der Waals surface area contributed by atoms with Crippen molar-refractivity contribution >= 4 is 5.97 Å². The van der Waals surface area contributed by atoms with Crippen LogP contribution in [0.1, 0.15) is 13.8 Å². The van der Waals surface area contributed by atoms with Gasteiger partial charge in [-0.05, 0) is 13.8 Å². The van der Waals surface area contributed by atoms with E-state index in [1.165, 1.54) is 4.90 Å². The van der Waals surface area contributed by atoms with Gasteiger partial charge in [-0.2, -0.15) is 0 Å². The Hall–Kier alpha value is -0.650. The average molecular weight is 189 g/mol. The third-order valence-electron chi connectivity index (χ3n) is 2.02. The molecule has 0 aromatic heterocycles. The molecule has 5 heteroatoms. The summed E-state index contributed by atoms with van der Waals surface area (Å²) >= 11 is 0. The fourth-order valence-electron chi connectivity index (χ4n) is 1.42. The van der Waals surface area contributed by atoms with Gasteiger partial charge in [0.25, 0.3) is 0 Å². The van der Waals surface area contributed by atoms with E-state index in [-0.39, 0.29) is 5.60 Å². The van der Waals surface area contributed by atoms with Gasteiger partial charge in [-0.25, -0.2) is 4.79 Å². The first-order valence-corrected chi connectivity index (χ1v) is 4.21. The summed E-state index contributed by atoms with van der Waals surface area (Å²) in [6.07, 6.45) is -1.41. The summed E-state index contributed by atoms with van der Waals surface area (Å²) < 4.78 is 5.38. The van der Waals surface area contributed by atoms with Crippen molar-refractivity contribution in [3.05, 3.63) is 0 Å². The van der Waals surface area contributed by atoms with E-state index < -0.39 is 12.2 Å². The topological polar surface area (TPSA) is 70.0 Å². The number of ether oxygens (including phenoxy) is 1. The highest BCUT2D eigenvalue weighted by Crippen LogP contribution is 2.17. The Kier molecular flexibility index (Phi) is 2.90. The number of morpholine rings is 1. The fraction of sp³-hybridized carbons (Fsp3) is 0.875. The molecule has 76 valence electrons. The van der Waals surface area contributed by atoms with Crippen LogP contribution in [0, 0.1) is 0 Å². The van der Waals surface area contributed by atoms with Crippen LogP contribution in [0.4, 0.5) is 0 Å². The lowest BCUT2D eigenvalue weighted by Crippen LogP contribution is -2.54. The standard InChI is InChI=1S/C8H15NO4/c1-8(2)5-9(3-4-13-8)6(10)7(11)12/h6,10H,3-5H2,1-2H3,(H,11,12). The van der Waals surface area contributed by atoms with Crippen molar-refractivity contribution in [3.63, 3.8) is 0 Å². The number of carboxylic acids is 1. The first-order valence-electron chi connectivity index (χ1n) is 4.21. The molecule has 1 fully saturated rings. The number of nitrogens with zero attached hydrogens (tertiary/aromatic N) is 1. The highest BCUT2D eigenvalue weighted by molar-refractivity contribution is 5.71. The second-order valence-electron chi connectivity index (χ2n) is 3.79. The lowest BCUT2D eigenvalue weighted by atomic mass is 10.1. The minimum atomic E-state index is -1.41. The monoisotopic (exact) mass is 189 g/mol. The van der Waals surface area contributed by atoms with Crippen molar-refractivity contribution in [3.8, 4) is 0 Å². The maximum Gasteiger partial charge on any atom is 0.348 e. The van der Waals surface area contributed by atoms with Crippen LogP contribution in [-0.4, -0.2) is 52.6 Å². The lowest BCUT2D eigenvalue weighted by Gasteiger charge is -2.39. The number of aliphatic hydroxyl groups is 1. The van der Waals surface area contributed by atoms with Gasteiger partial charge in [0.1, 0.15) is 0 Å². The van der Waals surface area contributed by atoms with E-state index in [9.17, 15) is 9.90 Å². The summed E-state index contributed by atoms with van der Waals surface area (Å²) in [5.41, 5.74) is -0.380. The molecule has 0 amide bonds. The van der Waals surface area contributed by atoms with E-state index in [0.717, 1.165) is 0 Å². The quantitative estimate of drug-likeness (QED) is 0.613.